The molecule has 0 fully saturated rings. The molecular formula is C13H12N2O5S. The van der Waals surface area contributed by atoms with Gasteiger partial charge in [0.2, 0.25) is 0 Å². The summed E-state index contributed by atoms with van der Waals surface area (Å²) in [6, 6.07) is 5.81. The van der Waals surface area contributed by atoms with Crippen LogP contribution in [0.2, 0.25) is 0 Å². The smallest absolute Gasteiger partial charge is 0.336 e. The molecule has 2 rings (SSSR count). The molecule has 2 aromatic rings. The van der Waals surface area contributed by atoms with Crippen LogP contribution in [0, 0.1) is 10.1 Å². The molecule has 0 amide bonds. The van der Waals surface area contributed by atoms with E-state index in [0.717, 1.165) is 4.88 Å². The first kappa shape index (κ1) is 14.8. The summed E-state index contributed by atoms with van der Waals surface area (Å²) in [4.78, 5) is 21.9. The summed E-state index contributed by atoms with van der Waals surface area (Å²) in [5.41, 5.74) is 0.662. The number of ether oxygens (including phenoxy) is 1. The molecule has 110 valence electrons. The number of nitro benzene ring substituents is 1. The van der Waals surface area contributed by atoms with Crippen molar-refractivity contribution in [3.63, 3.8) is 0 Å². The maximum Gasteiger partial charge on any atom is 0.336 e. The summed E-state index contributed by atoms with van der Waals surface area (Å²) in [5, 5.41) is 24.2. The number of carbonyl (C=O) groups is 1. The maximum atomic E-state index is 10.8. The lowest BCUT2D eigenvalue weighted by Gasteiger charge is -2.10. The first-order valence-electron chi connectivity index (χ1n) is 5.88. The second kappa shape index (κ2) is 6.23. The number of hydrogen-bond donors (Lipinski definition) is 2. The van der Waals surface area contributed by atoms with Crippen LogP contribution in [0.25, 0.3) is 0 Å². The van der Waals surface area contributed by atoms with Crippen molar-refractivity contribution in [2.75, 3.05) is 12.4 Å². The van der Waals surface area contributed by atoms with Gasteiger partial charge >= 0.3 is 5.97 Å². The molecule has 0 aliphatic rings. The van der Waals surface area contributed by atoms with Gasteiger partial charge in [0.05, 0.1) is 23.3 Å². The predicted molar refractivity (Wildman–Crippen MR) is 78.3 cm³/mol. The van der Waals surface area contributed by atoms with Gasteiger partial charge in [0.25, 0.3) is 5.69 Å². The van der Waals surface area contributed by atoms with Crippen molar-refractivity contribution in [2.24, 2.45) is 0 Å². The van der Waals surface area contributed by atoms with Gasteiger partial charge in [-0.25, -0.2) is 4.79 Å². The van der Waals surface area contributed by atoms with Gasteiger partial charge in [0.15, 0.2) is 0 Å². The van der Waals surface area contributed by atoms with Crippen LogP contribution in [-0.2, 0) is 6.54 Å². The van der Waals surface area contributed by atoms with Crippen LogP contribution in [-0.4, -0.2) is 23.1 Å². The fourth-order valence-corrected chi connectivity index (χ4v) is 2.51. The van der Waals surface area contributed by atoms with E-state index in [-0.39, 0.29) is 11.3 Å². The summed E-state index contributed by atoms with van der Waals surface area (Å²) in [6.07, 6.45) is 0. The minimum atomic E-state index is -0.981. The first-order chi connectivity index (χ1) is 10.0. The van der Waals surface area contributed by atoms with Gasteiger partial charge < -0.3 is 15.2 Å². The third-order valence-corrected chi connectivity index (χ3v) is 3.68. The van der Waals surface area contributed by atoms with E-state index in [2.05, 4.69) is 5.32 Å². The molecule has 8 heteroatoms. The second-order valence-electron chi connectivity index (χ2n) is 4.10. The van der Waals surface area contributed by atoms with Crippen molar-refractivity contribution >= 4 is 28.7 Å². The number of aromatic carboxylic acids is 1. The Balaban J connectivity index is 2.15. The van der Waals surface area contributed by atoms with E-state index in [1.54, 1.807) is 11.4 Å². The van der Waals surface area contributed by atoms with Crippen molar-refractivity contribution in [2.45, 2.75) is 6.54 Å². The molecule has 0 aliphatic carbocycles. The summed E-state index contributed by atoms with van der Waals surface area (Å²) < 4.78 is 5.14. The van der Waals surface area contributed by atoms with Crippen LogP contribution in [0.3, 0.4) is 0 Å². The molecule has 0 saturated carbocycles. The number of thiophene rings is 1. The Morgan fingerprint density at radius 1 is 1.48 bits per heavy atom. The topological polar surface area (TPSA) is 102 Å². The van der Waals surface area contributed by atoms with E-state index in [4.69, 9.17) is 9.84 Å². The molecule has 0 radical (unpaired) electrons. The number of nitrogens with one attached hydrogen (secondary N) is 1. The van der Waals surface area contributed by atoms with Crippen molar-refractivity contribution < 1.29 is 19.6 Å². The van der Waals surface area contributed by atoms with Crippen LogP contribution in [0.1, 0.15) is 15.2 Å². The van der Waals surface area contributed by atoms with Gasteiger partial charge in [-0.15, -0.1) is 11.3 Å². The molecule has 1 heterocycles. The van der Waals surface area contributed by atoms with Crippen molar-refractivity contribution in [3.05, 3.63) is 50.2 Å². The Hall–Kier alpha value is -2.61. The average molecular weight is 308 g/mol. The molecule has 0 saturated heterocycles. The van der Waals surface area contributed by atoms with Gasteiger partial charge in [-0.05, 0) is 12.1 Å². The number of carboxylic acid groups (broad SMARTS) is 1. The zero-order valence-electron chi connectivity index (χ0n) is 11.0. The highest BCUT2D eigenvalue weighted by Crippen LogP contribution is 2.29. The van der Waals surface area contributed by atoms with Gasteiger partial charge in [-0.3, -0.25) is 10.1 Å². The monoisotopic (exact) mass is 308 g/mol. The van der Waals surface area contributed by atoms with E-state index in [0.29, 0.717) is 18.0 Å². The third-order valence-electron chi connectivity index (χ3n) is 2.75. The van der Waals surface area contributed by atoms with E-state index in [1.165, 1.54) is 36.6 Å². The number of benzene rings is 1. The van der Waals surface area contributed by atoms with Gasteiger partial charge in [-0.2, -0.15) is 0 Å². The molecule has 1 aromatic heterocycles. The van der Waals surface area contributed by atoms with E-state index in [1.807, 2.05) is 0 Å². The summed E-state index contributed by atoms with van der Waals surface area (Å²) in [5.74, 6) is -0.499. The van der Waals surface area contributed by atoms with E-state index >= 15 is 0 Å². The highest BCUT2D eigenvalue weighted by molar-refractivity contribution is 7.10. The van der Waals surface area contributed by atoms with Crippen LogP contribution < -0.4 is 10.1 Å². The predicted octanol–water partition coefficient (Wildman–Crippen LogP) is 2.98. The van der Waals surface area contributed by atoms with Crippen LogP contribution in [0.15, 0.2) is 29.6 Å². The number of rotatable bonds is 6. The molecule has 0 unspecified atom stereocenters. The SMILES string of the molecule is COc1ccc([N+](=O)[O-])cc1NCc1cc(C(=O)O)cs1. The largest absolute Gasteiger partial charge is 0.495 e. The molecule has 0 atom stereocenters. The fourth-order valence-electron chi connectivity index (χ4n) is 1.72. The molecule has 0 bridgehead atoms. The zero-order valence-corrected chi connectivity index (χ0v) is 11.8. The van der Waals surface area contributed by atoms with Crippen molar-refractivity contribution in [1.82, 2.24) is 0 Å². The summed E-state index contributed by atoms with van der Waals surface area (Å²) >= 11 is 1.30. The third kappa shape index (κ3) is 3.48. The number of carboxylic acids is 1. The summed E-state index contributed by atoms with van der Waals surface area (Å²) in [6.45, 7) is 0.357. The number of nitrogens with zero attached hydrogens (tertiary/aromatic N) is 1. The lowest BCUT2D eigenvalue weighted by atomic mass is 10.2. The Morgan fingerprint density at radius 3 is 2.81 bits per heavy atom. The molecule has 0 spiro atoms. The minimum Gasteiger partial charge on any atom is -0.495 e. The highest BCUT2D eigenvalue weighted by Gasteiger charge is 2.12. The zero-order chi connectivity index (χ0) is 15.4. The lowest BCUT2D eigenvalue weighted by molar-refractivity contribution is -0.384. The Bertz CT molecular complexity index is 683. The first-order valence-corrected chi connectivity index (χ1v) is 6.76. The van der Waals surface area contributed by atoms with Gasteiger partial charge in [0.1, 0.15) is 5.75 Å². The van der Waals surface area contributed by atoms with Crippen molar-refractivity contribution in [3.8, 4) is 5.75 Å². The maximum absolute atomic E-state index is 10.8. The number of nitro groups is 1. The molecule has 0 aliphatic heterocycles. The normalized spacial score (nSPS) is 10.1. The Kier molecular flexibility index (Phi) is 4.39. The van der Waals surface area contributed by atoms with Gasteiger partial charge in [-0.1, -0.05) is 0 Å². The van der Waals surface area contributed by atoms with Crippen LogP contribution in [0.5, 0.6) is 5.75 Å². The standard InChI is InChI=1S/C13H12N2O5S/c1-20-12-3-2-9(15(18)19)5-11(12)14-6-10-4-8(7-21-10)13(16)17/h2-5,7,14H,6H2,1H3,(H,16,17). The Labute approximate surface area is 123 Å². The number of hydrogen-bond acceptors (Lipinski definition) is 6. The van der Waals surface area contributed by atoms with E-state index in [9.17, 15) is 14.9 Å². The summed E-state index contributed by atoms with van der Waals surface area (Å²) in [7, 11) is 1.47. The minimum absolute atomic E-state index is 0.0456. The van der Waals surface area contributed by atoms with Crippen LogP contribution in [0.4, 0.5) is 11.4 Å². The Morgan fingerprint density at radius 2 is 2.24 bits per heavy atom. The van der Waals surface area contributed by atoms with Gasteiger partial charge in [0, 0.05) is 28.9 Å². The number of non-ortho nitro benzene ring substituents is 1. The highest BCUT2D eigenvalue weighted by atomic mass is 32.1. The molecular weight excluding hydrogens is 296 g/mol. The molecule has 2 N–H and O–H groups in total. The molecule has 21 heavy (non-hydrogen) atoms. The van der Waals surface area contributed by atoms with Crippen LogP contribution >= 0.6 is 11.3 Å². The number of methoxy groups -OCH3 is 1. The number of anilines is 1. The molecule has 7 nitrogen and oxygen atoms in total. The lowest BCUT2D eigenvalue weighted by Crippen LogP contribution is -2.01. The average Bonchev–Trinajstić information content (AvgIpc) is 2.93. The molecule has 1 aromatic carbocycles. The second-order valence-corrected chi connectivity index (χ2v) is 5.10. The van der Waals surface area contributed by atoms with Crippen molar-refractivity contribution in [1.29, 1.82) is 0 Å². The fraction of sp³-hybridized carbons (Fsp3) is 0.154. The quantitative estimate of drug-likeness (QED) is 0.628. The van der Waals surface area contributed by atoms with E-state index < -0.39 is 10.9 Å².